The Morgan fingerprint density at radius 2 is 1.79 bits per heavy atom. The lowest BCUT2D eigenvalue weighted by molar-refractivity contribution is 0.103. The van der Waals surface area contributed by atoms with Crippen molar-refractivity contribution in [1.29, 1.82) is 0 Å². The van der Waals surface area contributed by atoms with Crippen molar-refractivity contribution >= 4 is 22.9 Å². The van der Waals surface area contributed by atoms with E-state index >= 15 is 0 Å². The van der Waals surface area contributed by atoms with Gasteiger partial charge in [-0.3, -0.25) is 4.79 Å². The zero-order valence-corrected chi connectivity index (χ0v) is 17.2. The molecule has 0 spiro atoms. The molecule has 0 atom stereocenters. The zero-order chi connectivity index (χ0) is 20.2. The Morgan fingerprint density at radius 3 is 2.48 bits per heavy atom. The fourth-order valence-corrected chi connectivity index (χ4v) is 4.15. The summed E-state index contributed by atoms with van der Waals surface area (Å²) >= 11 is 1.46. The van der Waals surface area contributed by atoms with Crippen molar-refractivity contribution in [2.24, 2.45) is 0 Å². The number of carbonyl (C=O) groups is 1. The van der Waals surface area contributed by atoms with E-state index in [2.05, 4.69) is 32.0 Å². The Morgan fingerprint density at radius 1 is 1.03 bits per heavy atom. The first-order chi connectivity index (χ1) is 14.1. The molecule has 2 heterocycles. The van der Waals surface area contributed by atoms with Crippen molar-refractivity contribution in [2.75, 3.05) is 5.32 Å². The molecule has 0 unspecified atom stereocenters. The Hall–Kier alpha value is -3.25. The van der Waals surface area contributed by atoms with Gasteiger partial charge in [0.15, 0.2) is 0 Å². The summed E-state index contributed by atoms with van der Waals surface area (Å²) in [6.07, 6.45) is 4.50. The summed E-state index contributed by atoms with van der Waals surface area (Å²) in [7, 11) is 0. The second-order valence-electron chi connectivity index (χ2n) is 6.94. The molecular formula is C23H22N4OS. The predicted octanol–water partition coefficient (Wildman–Crippen LogP) is 4.85. The Labute approximate surface area is 174 Å². The number of amides is 1. The van der Waals surface area contributed by atoms with Crippen LogP contribution in [0.4, 0.5) is 5.69 Å². The molecule has 29 heavy (non-hydrogen) atoms. The van der Waals surface area contributed by atoms with E-state index in [1.54, 1.807) is 6.20 Å². The SMILES string of the molecule is Cc1nc(Cc2ccccc2)sc1C(=O)Nc1ccc(Cn2ccnc2C)cc1. The van der Waals surface area contributed by atoms with Gasteiger partial charge in [-0.05, 0) is 37.1 Å². The molecule has 2 aromatic carbocycles. The number of carbonyl (C=O) groups excluding carboxylic acids is 1. The standard InChI is InChI=1S/C23H22N4OS/c1-16-22(29-21(25-16)14-18-6-4-3-5-7-18)23(28)26-20-10-8-19(9-11-20)15-27-13-12-24-17(27)2/h3-13H,14-15H2,1-2H3,(H,26,28). The van der Waals surface area contributed by atoms with E-state index in [0.717, 1.165) is 40.7 Å². The van der Waals surface area contributed by atoms with Crippen LogP contribution in [0, 0.1) is 13.8 Å². The third kappa shape index (κ3) is 4.60. The van der Waals surface area contributed by atoms with E-state index < -0.39 is 0 Å². The van der Waals surface area contributed by atoms with Gasteiger partial charge in [0.25, 0.3) is 5.91 Å². The number of thiazole rings is 1. The van der Waals surface area contributed by atoms with Gasteiger partial charge < -0.3 is 9.88 Å². The largest absolute Gasteiger partial charge is 0.331 e. The quantitative estimate of drug-likeness (QED) is 0.502. The van der Waals surface area contributed by atoms with Crippen molar-refractivity contribution in [3.8, 4) is 0 Å². The molecule has 0 radical (unpaired) electrons. The number of imidazole rings is 1. The highest BCUT2D eigenvalue weighted by atomic mass is 32.1. The number of hydrogen-bond acceptors (Lipinski definition) is 4. The molecule has 0 aliphatic rings. The summed E-state index contributed by atoms with van der Waals surface area (Å²) in [5, 5.41) is 3.94. The molecule has 4 aromatic rings. The molecule has 0 saturated heterocycles. The summed E-state index contributed by atoms with van der Waals surface area (Å²) in [4.78, 5) is 22.2. The summed E-state index contributed by atoms with van der Waals surface area (Å²) in [6, 6.07) is 18.1. The van der Waals surface area contributed by atoms with Gasteiger partial charge in [-0.2, -0.15) is 0 Å². The van der Waals surface area contributed by atoms with E-state index in [1.165, 1.54) is 16.9 Å². The van der Waals surface area contributed by atoms with Gasteiger partial charge in [0, 0.05) is 31.0 Å². The lowest BCUT2D eigenvalue weighted by Gasteiger charge is -2.08. The number of aromatic nitrogens is 3. The molecule has 2 aromatic heterocycles. The van der Waals surface area contributed by atoms with Crippen LogP contribution in [0.1, 0.15) is 37.3 Å². The molecule has 0 bridgehead atoms. The minimum absolute atomic E-state index is 0.113. The van der Waals surface area contributed by atoms with Crippen molar-refractivity contribution < 1.29 is 4.79 Å². The van der Waals surface area contributed by atoms with Crippen LogP contribution in [0.5, 0.6) is 0 Å². The van der Waals surface area contributed by atoms with E-state index in [0.29, 0.717) is 4.88 Å². The normalized spacial score (nSPS) is 10.8. The highest BCUT2D eigenvalue weighted by Crippen LogP contribution is 2.22. The zero-order valence-electron chi connectivity index (χ0n) is 16.4. The van der Waals surface area contributed by atoms with Gasteiger partial charge in [0.1, 0.15) is 10.7 Å². The van der Waals surface area contributed by atoms with Crippen LogP contribution >= 0.6 is 11.3 Å². The molecular weight excluding hydrogens is 380 g/mol. The highest BCUT2D eigenvalue weighted by molar-refractivity contribution is 7.14. The number of rotatable bonds is 6. The molecule has 146 valence electrons. The molecule has 1 N–H and O–H groups in total. The second kappa shape index (κ2) is 8.41. The summed E-state index contributed by atoms with van der Waals surface area (Å²) in [5.41, 5.74) is 3.89. The Bertz CT molecular complexity index is 1110. The molecule has 6 heteroatoms. The minimum Gasteiger partial charge on any atom is -0.331 e. The Balaban J connectivity index is 1.42. The van der Waals surface area contributed by atoms with Crippen LogP contribution in [-0.4, -0.2) is 20.4 Å². The smallest absolute Gasteiger partial charge is 0.267 e. The summed E-state index contributed by atoms with van der Waals surface area (Å²) < 4.78 is 2.09. The molecule has 4 rings (SSSR count). The first kappa shape index (κ1) is 19.1. The fraction of sp³-hybridized carbons (Fsp3) is 0.174. The third-order valence-corrected chi connectivity index (χ3v) is 5.89. The first-order valence-corrected chi connectivity index (χ1v) is 10.3. The molecule has 0 fully saturated rings. The number of benzene rings is 2. The average molecular weight is 403 g/mol. The number of hydrogen-bond donors (Lipinski definition) is 1. The molecule has 0 saturated carbocycles. The van der Waals surface area contributed by atoms with Crippen molar-refractivity contribution in [3.05, 3.63) is 99.5 Å². The monoisotopic (exact) mass is 402 g/mol. The maximum absolute atomic E-state index is 12.7. The lowest BCUT2D eigenvalue weighted by atomic mass is 10.2. The summed E-state index contributed by atoms with van der Waals surface area (Å²) in [5.74, 6) is 0.867. The van der Waals surface area contributed by atoms with Crippen LogP contribution in [0.25, 0.3) is 0 Å². The predicted molar refractivity (Wildman–Crippen MR) is 117 cm³/mol. The van der Waals surface area contributed by atoms with Gasteiger partial charge >= 0.3 is 0 Å². The third-order valence-electron chi connectivity index (χ3n) is 4.73. The maximum atomic E-state index is 12.7. The van der Waals surface area contributed by atoms with Gasteiger partial charge in [-0.25, -0.2) is 9.97 Å². The first-order valence-electron chi connectivity index (χ1n) is 9.47. The highest BCUT2D eigenvalue weighted by Gasteiger charge is 2.16. The van der Waals surface area contributed by atoms with Crippen LogP contribution in [0.2, 0.25) is 0 Å². The van der Waals surface area contributed by atoms with Crippen molar-refractivity contribution in [3.63, 3.8) is 0 Å². The van der Waals surface area contributed by atoms with E-state index in [1.807, 2.05) is 62.5 Å². The number of aryl methyl sites for hydroxylation is 2. The van der Waals surface area contributed by atoms with Crippen LogP contribution < -0.4 is 5.32 Å². The van der Waals surface area contributed by atoms with E-state index in [4.69, 9.17) is 0 Å². The summed E-state index contributed by atoms with van der Waals surface area (Å²) in [6.45, 7) is 4.63. The van der Waals surface area contributed by atoms with E-state index in [-0.39, 0.29) is 5.91 Å². The second-order valence-corrected chi connectivity index (χ2v) is 8.02. The van der Waals surface area contributed by atoms with Crippen molar-refractivity contribution in [1.82, 2.24) is 14.5 Å². The average Bonchev–Trinajstić information content (AvgIpc) is 3.29. The fourth-order valence-electron chi connectivity index (χ4n) is 3.16. The molecule has 0 aliphatic carbocycles. The number of nitrogens with one attached hydrogen (secondary N) is 1. The lowest BCUT2D eigenvalue weighted by Crippen LogP contribution is -2.11. The molecule has 1 amide bonds. The number of anilines is 1. The van der Waals surface area contributed by atoms with Crippen LogP contribution in [0.15, 0.2) is 67.0 Å². The minimum atomic E-state index is -0.113. The van der Waals surface area contributed by atoms with Gasteiger partial charge in [-0.1, -0.05) is 42.5 Å². The molecule has 5 nitrogen and oxygen atoms in total. The van der Waals surface area contributed by atoms with Gasteiger partial charge in [0.2, 0.25) is 0 Å². The Kier molecular flexibility index (Phi) is 5.53. The van der Waals surface area contributed by atoms with Crippen LogP contribution in [-0.2, 0) is 13.0 Å². The van der Waals surface area contributed by atoms with E-state index in [9.17, 15) is 4.79 Å². The topological polar surface area (TPSA) is 59.8 Å². The van der Waals surface area contributed by atoms with Crippen LogP contribution in [0.3, 0.4) is 0 Å². The van der Waals surface area contributed by atoms with Gasteiger partial charge in [-0.15, -0.1) is 11.3 Å². The maximum Gasteiger partial charge on any atom is 0.267 e. The molecule has 0 aliphatic heterocycles. The number of nitrogens with zero attached hydrogens (tertiary/aromatic N) is 3. The van der Waals surface area contributed by atoms with Gasteiger partial charge in [0.05, 0.1) is 10.7 Å². The van der Waals surface area contributed by atoms with Crippen molar-refractivity contribution in [2.45, 2.75) is 26.8 Å².